The zero-order valence-corrected chi connectivity index (χ0v) is 18.2. The smallest absolute Gasteiger partial charge is 0.319 e. The van der Waals surface area contributed by atoms with Crippen molar-refractivity contribution in [2.24, 2.45) is 0 Å². The van der Waals surface area contributed by atoms with E-state index in [1.165, 1.54) is 6.07 Å². The van der Waals surface area contributed by atoms with Crippen molar-refractivity contribution in [3.63, 3.8) is 0 Å². The molecular formula is C22H17Cl2N5O2. The van der Waals surface area contributed by atoms with E-state index in [2.05, 4.69) is 16.5 Å². The molecule has 1 N–H and O–H groups in total. The van der Waals surface area contributed by atoms with Crippen LogP contribution in [0.3, 0.4) is 0 Å². The first-order valence-corrected chi connectivity index (χ1v) is 10.2. The largest absolute Gasteiger partial charge is 0.325 e. The first-order valence-electron chi connectivity index (χ1n) is 9.40. The Bertz CT molecular complexity index is 1250. The zero-order valence-electron chi connectivity index (χ0n) is 16.7. The number of hydrogen-bond donors (Lipinski definition) is 1. The van der Waals surface area contributed by atoms with E-state index in [9.17, 15) is 14.9 Å². The first kappa shape index (κ1) is 20.9. The highest BCUT2D eigenvalue weighted by Gasteiger charge is 2.50. The number of aryl methyl sites for hydroxylation is 1. The molecule has 0 radical (unpaired) electrons. The molecule has 9 heteroatoms. The number of nitrogens with zero attached hydrogens (tertiary/aromatic N) is 4. The number of hydrogen-bond acceptors (Lipinski definition) is 4. The number of nitriles is 1. The topological polar surface area (TPSA) is 91.0 Å². The molecule has 31 heavy (non-hydrogen) atoms. The number of benzene rings is 2. The number of para-hydroxylation sites is 1. The molecule has 0 bridgehead atoms. The number of imide groups is 1. The van der Waals surface area contributed by atoms with E-state index in [0.29, 0.717) is 27.5 Å². The van der Waals surface area contributed by atoms with Gasteiger partial charge in [0.1, 0.15) is 11.6 Å². The van der Waals surface area contributed by atoms with Gasteiger partial charge in [0.2, 0.25) is 0 Å². The van der Waals surface area contributed by atoms with Crippen molar-refractivity contribution in [1.82, 2.24) is 20.0 Å². The van der Waals surface area contributed by atoms with Crippen LogP contribution in [0.15, 0.2) is 48.5 Å². The average Bonchev–Trinajstić information content (AvgIpc) is 3.17. The molecule has 1 aliphatic heterocycles. The number of halogens is 2. The van der Waals surface area contributed by atoms with Gasteiger partial charge >= 0.3 is 6.03 Å². The molecule has 1 unspecified atom stereocenters. The van der Waals surface area contributed by atoms with Crippen LogP contribution in [0.4, 0.5) is 4.79 Å². The Kier molecular flexibility index (Phi) is 5.21. The zero-order chi connectivity index (χ0) is 22.3. The van der Waals surface area contributed by atoms with Gasteiger partial charge in [-0.05, 0) is 38.1 Å². The van der Waals surface area contributed by atoms with E-state index in [1.54, 1.807) is 30.7 Å². The number of carbonyl (C=O) groups is 2. The van der Waals surface area contributed by atoms with E-state index in [0.717, 1.165) is 10.6 Å². The fourth-order valence-electron chi connectivity index (χ4n) is 3.72. The van der Waals surface area contributed by atoms with Gasteiger partial charge in [-0.25, -0.2) is 9.48 Å². The van der Waals surface area contributed by atoms with Crippen molar-refractivity contribution < 1.29 is 9.59 Å². The Morgan fingerprint density at radius 2 is 1.87 bits per heavy atom. The van der Waals surface area contributed by atoms with E-state index in [-0.39, 0.29) is 11.6 Å². The summed E-state index contributed by atoms with van der Waals surface area (Å²) in [4.78, 5) is 27.3. The lowest BCUT2D eigenvalue weighted by molar-refractivity contribution is -0.131. The van der Waals surface area contributed by atoms with Gasteiger partial charge in [-0.2, -0.15) is 10.4 Å². The maximum atomic E-state index is 13.4. The molecule has 1 atom stereocenters. The standard InChI is InChI=1S/C22H17Cl2N5O2/c1-13-16(11-25)19(29(27-13)15-6-4-3-5-7-15)12-28-20(30)22(2,26-21(28)31)17-9-8-14(23)10-18(17)24/h3-10H,12H2,1-2H3,(H,26,31). The second-order valence-electron chi connectivity index (χ2n) is 7.34. The fraction of sp³-hybridized carbons (Fsp3) is 0.182. The van der Waals surface area contributed by atoms with Crippen molar-refractivity contribution in [3.8, 4) is 11.8 Å². The lowest BCUT2D eigenvalue weighted by Crippen LogP contribution is -2.41. The number of aromatic nitrogens is 2. The summed E-state index contributed by atoms with van der Waals surface area (Å²) < 4.78 is 1.58. The van der Waals surface area contributed by atoms with E-state index in [4.69, 9.17) is 23.2 Å². The minimum absolute atomic E-state index is 0.121. The monoisotopic (exact) mass is 453 g/mol. The van der Waals surface area contributed by atoms with Gasteiger partial charge < -0.3 is 5.32 Å². The molecule has 1 fully saturated rings. The highest BCUT2D eigenvalue weighted by atomic mass is 35.5. The Labute approximate surface area is 188 Å². The predicted molar refractivity (Wildman–Crippen MR) is 116 cm³/mol. The van der Waals surface area contributed by atoms with Crippen LogP contribution in [0.1, 0.15) is 29.4 Å². The van der Waals surface area contributed by atoms with Gasteiger partial charge in [-0.3, -0.25) is 9.69 Å². The summed E-state index contributed by atoms with van der Waals surface area (Å²) in [6.45, 7) is 3.18. The molecule has 7 nitrogen and oxygen atoms in total. The van der Waals surface area contributed by atoms with E-state index < -0.39 is 17.5 Å². The summed E-state index contributed by atoms with van der Waals surface area (Å²) in [5.74, 6) is -0.482. The molecule has 1 saturated heterocycles. The van der Waals surface area contributed by atoms with Crippen LogP contribution in [0.5, 0.6) is 0 Å². The number of rotatable bonds is 4. The number of urea groups is 1. The SMILES string of the molecule is Cc1nn(-c2ccccc2)c(CN2C(=O)NC(C)(c3ccc(Cl)cc3Cl)C2=O)c1C#N. The van der Waals surface area contributed by atoms with E-state index >= 15 is 0 Å². The highest BCUT2D eigenvalue weighted by Crippen LogP contribution is 2.36. The molecule has 1 aromatic heterocycles. The van der Waals surface area contributed by atoms with Crippen LogP contribution < -0.4 is 5.32 Å². The van der Waals surface area contributed by atoms with Gasteiger partial charge in [-0.15, -0.1) is 0 Å². The van der Waals surface area contributed by atoms with Crippen LogP contribution in [0.25, 0.3) is 5.69 Å². The minimum atomic E-state index is -1.36. The summed E-state index contributed by atoms with van der Waals surface area (Å²) in [7, 11) is 0. The third-order valence-electron chi connectivity index (χ3n) is 5.32. The lowest BCUT2D eigenvalue weighted by Gasteiger charge is -2.23. The van der Waals surface area contributed by atoms with Crippen molar-refractivity contribution >= 4 is 35.1 Å². The Balaban J connectivity index is 1.75. The normalized spacial score (nSPS) is 18.2. The third-order valence-corrected chi connectivity index (χ3v) is 5.87. The minimum Gasteiger partial charge on any atom is -0.319 e. The summed E-state index contributed by atoms with van der Waals surface area (Å²) >= 11 is 12.3. The first-order chi connectivity index (χ1) is 14.8. The third kappa shape index (κ3) is 3.44. The van der Waals surface area contributed by atoms with E-state index in [1.807, 2.05) is 30.3 Å². The summed E-state index contributed by atoms with van der Waals surface area (Å²) in [5, 5.41) is 17.5. The Hall–Kier alpha value is -3.34. The summed E-state index contributed by atoms with van der Waals surface area (Å²) in [5.41, 5.74) is 1.07. The number of carbonyl (C=O) groups excluding carboxylic acids is 2. The molecule has 3 aromatic rings. The van der Waals surface area contributed by atoms with Gasteiger partial charge in [0, 0.05) is 15.6 Å². The Morgan fingerprint density at radius 3 is 2.52 bits per heavy atom. The van der Waals surface area contributed by atoms with Gasteiger partial charge in [0.05, 0.1) is 29.2 Å². The van der Waals surface area contributed by atoms with Crippen molar-refractivity contribution in [3.05, 3.63) is 81.1 Å². The van der Waals surface area contributed by atoms with Gasteiger partial charge in [-0.1, -0.05) is 47.5 Å². The molecule has 2 aromatic carbocycles. The van der Waals surface area contributed by atoms with Crippen molar-refractivity contribution in [1.29, 1.82) is 5.26 Å². The predicted octanol–water partition coefficient (Wildman–Crippen LogP) is 4.33. The van der Waals surface area contributed by atoms with Crippen LogP contribution in [-0.2, 0) is 16.9 Å². The maximum Gasteiger partial charge on any atom is 0.325 e. The second-order valence-corrected chi connectivity index (χ2v) is 8.18. The molecule has 0 saturated carbocycles. The van der Waals surface area contributed by atoms with Crippen LogP contribution in [0, 0.1) is 18.3 Å². The molecule has 156 valence electrons. The number of nitrogens with one attached hydrogen (secondary N) is 1. The molecule has 4 rings (SSSR count). The Morgan fingerprint density at radius 1 is 1.16 bits per heavy atom. The summed E-state index contributed by atoms with van der Waals surface area (Å²) in [6, 6.07) is 15.5. The maximum absolute atomic E-state index is 13.4. The van der Waals surface area contributed by atoms with Crippen LogP contribution in [-0.4, -0.2) is 26.6 Å². The van der Waals surface area contributed by atoms with Gasteiger partial charge in [0.15, 0.2) is 0 Å². The molecule has 0 spiro atoms. The van der Waals surface area contributed by atoms with Crippen molar-refractivity contribution in [2.45, 2.75) is 25.9 Å². The average molecular weight is 454 g/mol. The van der Waals surface area contributed by atoms with Crippen LogP contribution >= 0.6 is 23.2 Å². The molecular weight excluding hydrogens is 437 g/mol. The molecule has 2 heterocycles. The van der Waals surface area contributed by atoms with Crippen molar-refractivity contribution in [2.75, 3.05) is 0 Å². The number of amides is 3. The molecule has 0 aliphatic carbocycles. The lowest BCUT2D eigenvalue weighted by atomic mass is 9.92. The highest BCUT2D eigenvalue weighted by molar-refractivity contribution is 6.35. The quantitative estimate of drug-likeness (QED) is 0.595. The molecule has 1 aliphatic rings. The molecule has 3 amide bonds. The fourth-order valence-corrected chi connectivity index (χ4v) is 4.31. The summed E-state index contributed by atoms with van der Waals surface area (Å²) in [6.07, 6.45) is 0. The second kappa shape index (κ2) is 7.73. The van der Waals surface area contributed by atoms with Gasteiger partial charge in [0.25, 0.3) is 5.91 Å². The van der Waals surface area contributed by atoms with Crippen LogP contribution in [0.2, 0.25) is 10.0 Å².